The zero-order chi connectivity index (χ0) is 17.3. The minimum absolute atomic E-state index is 0.0475. The van der Waals surface area contributed by atoms with Crippen molar-refractivity contribution in [3.8, 4) is 0 Å². The van der Waals surface area contributed by atoms with Crippen molar-refractivity contribution < 1.29 is 19.4 Å². The summed E-state index contributed by atoms with van der Waals surface area (Å²) in [6.07, 6.45) is 0.0425. The van der Waals surface area contributed by atoms with E-state index < -0.39 is 17.1 Å². The van der Waals surface area contributed by atoms with E-state index in [9.17, 15) is 14.7 Å². The third-order valence-electron chi connectivity index (χ3n) is 4.04. The first-order valence-corrected chi connectivity index (χ1v) is 7.44. The van der Waals surface area contributed by atoms with Crippen LogP contribution in [0, 0.1) is 5.41 Å². The van der Waals surface area contributed by atoms with E-state index in [0.29, 0.717) is 0 Å². The van der Waals surface area contributed by atoms with Crippen molar-refractivity contribution in [3.63, 3.8) is 0 Å². The van der Waals surface area contributed by atoms with Crippen LogP contribution < -0.4 is 0 Å². The van der Waals surface area contributed by atoms with Gasteiger partial charge in [-0.3, -0.25) is 4.79 Å². The van der Waals surface area contributed by atoms with Gasteiger partial charge in [-0.05, 0) is 5.56 Å². The summed E-state index contributed by atoms with van der Waals surface area (Å²) >= 11 is 0. The lowest BCUT2D eigenvalue weighted by Gasteiger charge is -2.41. The second kappa shape index (κ2) is 6.12. The molecule has 124 valence electrons. The van der Waals surface area contributed by atoms with Gasteiger partial charge in [0.25, 0.3) is 0 Å². The van der Waals surface area contributed by atoms with Crippen molar-refractivity contribution in [1.29, 1.82) is 0 Å². The van der Waals surface area contributed by atoms with Crippen LogP contribution in [0.5, 0.6) is 0 Å². The van der Waals surface area contributed by atoms with Crippen LogP contribution >= 0.6 is 0 Å². The molecule has 1 aliphatic rings. The molecule has 1 atom stereocenters. The van der Waals surface area contributed by atoms with Crippen molar-refractivity contribution in [2.24, 2.45) is 10.5 Å². The number of amides is 1. The summed E-state index contributed by atoms with van der Waals surface area (Å²) in [6.45, 7) is 5.39. The SMILES string of the molecule is COC(=O)C1=NN(C(=O)Cc2ccccc2)[C@@](O)(C(C)(C)C)C1. The standard InChI is InChI=1S/C17H22N2O4/c1-16(2,3)17(22)11-13(15(21)23-4)18-19(17)14(20)10-12-8-6-5-7-9-12/h5-9,22H,10-11H2,1-4H3/t17-/m0/s1. The van der Waals surface area contributed by atoms with Gasteiger partial charge in [-0.1, -0.05) is 51.1 Å². The highest BCUT2D eigenvalue weighted by Gasteiger charge is 2.53. The fourth-order valence-electron chi connectivity index (χ4n) is 2.47. The second-order valence-corrected chi connectivity index (χ2v) is 6.65. The Labute approximate surface area is 135 Å². The largest absolute Gasteiger partial charge is 0.464 e. The first-order valence-electron chi connectivity index (χ1n) is 7.44. The Hall–Kier alpha value is -2.21. The number of benzene rings is 1. The number of rotatable bonds is 3. The van der Waals surface area contributed by atoms with Crippen LogP contribution in [0.25, 0.3) is 0 Å². The van der Waals surface area contributed by atoms with Gasteiger partial charge in [0.05, 0.1) is 13.5 Å². The smallest absolute Gasteiger partial charge is 0.354 e. The number of carbonyl (C=O) groups excluding carboxylic acids is 2. The number of hydrazone groups is 1. The monoisotopic (exact) mass is 318 g/mol. The summed E-state index contributed by atoms with van der Waals surface area (Å²) in [5.74, 6) is -1.00. The summed E-state index contributed by atoms with van der Waals surface area (Å²) in [4.78, 5) is 24.4. The van der Waals surface area contributed by atoms with Gasteiger partial charge in [-0.15, -0.1) is 0 Å². The molecule has 23 heavy (non-hydrogen) atoms. The molecule has 0 saturated heterocycles. The molecule has 1 aromatic carbocycles. The zero-order valence-electron chi connectivity index (χ0n) is 13.9. The van der Waals surface area contributed by atoms with Gasteiger partial charge in [-0.25, -0.2) is 9.80 Å². The van der Waals surface area contributed by atoms with Crippen molar-refractivity contribution in [1.82, 2.24) is 5.01 Å². The topological polar surface area (TPSA) is 79.2 Å². The first-order chi connectivity index (χ1) is 10.7. The quantitative estimate of drug-likeness (QED) is 0.861. The molecule has 0 saturated carbocycles. The zero-order valence-corrected chi connectivity index (χ0v) is 13.9. The minimum Gasteiger partial charge on any atom is -0.464 e. The van der Waals surface area contributed by atoms with E-state index in [4.69, 9.17) is 0 Å². The highest BCUT2D eigenvalue weighted by Crippen LogP contribution is 2.41. The Balaban J connectivity index is 2.32. The van der Waals surface area contributed by atoms with Gasteiger partial charge in [0.15, 0.2) is 11.4 Å². The van der Waals surface area contributed by atoms with Gasteiger partial charge in [-0.2, -0.15) is 5.10 Å². The molecule has 6 heteroatoms. The maximum absolute atomic E-state index is 12.6. The lowest BCUT2D eigenvalue weighted by Crippen LogP contribution is -2.55. The van der Waals surface area contributed by atoms with Crippen LogP contribution in [0.4, 0.5) is 0 Å². The Morgan fingerprint density at radius 1 is 1.30 bits per heavy atom. The Morgan fingerprint density at radius 3 is 2.43 bits per heavy atom. The molecule has 0 bridgehead atoms. The fraction of sp³-hybridized carbons (Fsp3) is 0.471. The molecule has 1 aliphatic heterocycles. The minimum atomic E-state index is -1.57. The molecule has 0 unspecified atom stereocenters. The van der Waals surface area contributed by atoms with Crippen LogP contribution in [-0.4, -0.2) is 40.5 Å². The molecule has 1 heterocycles. The fourth-order valence-corrected chi connectivity index (χ4v) is 2.47. The van der Waals surface area contributed by atoms with E-state index >= 15 is 0 Å². The average Bonchev–Trinajstić information content (AvgIpc) is 2.86. The van der Waals surface area contributed by atoms with Gasteiger partial charge >= 0.3 is 5.97 Å². The normalized spacial score (nSPS) is 21.1. The van der Waals surface area contributed by atoms with E-state index in [1.165, 1.54) is 7.11 Å². The van der Waals surface area contributed by atoms with Crippen molar-refractivity contribution in [3.05, 3.63) is 35.9 Å². The number of esters is 1. The Morgan fingerprint density at radius 2 is 1.91 bits per heavy atom. The van der Waals surface area contributed by atoms with Crippen LogP contribution in [-0.2, 0) is 20.7 Å². The number of ether oxygens (including phenoxy) is 1. The van der Waals surface area contributed by atoms with Crippen molar-refractivity contribution >= 4 is 17.6 Å². The molecule has 1 N–H and O–H groups in total. The predicted molar refractivity (Wildman–Crippen MR) is 85.5 cm³/mol. The lowest BCUT2D eigenvalue weighted by atomic mass is 9.80. The number of aliphatic hydroxyl groups is 1. The molecule has 2 rings (SSSR count). The average molecular weight is 318 g/mol. The molecular formula is C17H22N2O4. The summed E-state index contributed by atoms with van der Waals surface area (Å²) in [7, 11) is 1.25. The van der Waals surface area contributed by atoms with E-state index in [0.717, 1.165) is 10.6 Å². The maximum Gasteiger partial charge on any atom is 0.354 e. The van der Waals surface area contributed by atoms with Gasteiger partial charge in [0.1, 0.15) is 0 Å². The summed E-state index contributed by atoms with van der Waals surface area (Å²) in [5, 5.41) is 16.1. The van der Waals surface area contributed by atoms with Crippen LogP contribution in [0.2, 0.25) is 0 Å². The molecule has 1 amide bonds. The van der Waals surface area contributed by atoms with E-state index in [-0.39, 0.29) is 24.5 Å². The second-order valence-electron chi connectivity index (χ2n) is 6.65. The maximum atomic E-state index is 12.6. The molecule has 0 fully saturated rings. The van der Waals surface area contributed by atoms with Gasteiger partial charge < -0.3 is 9.84 Å². The van der Waals surface area contributed by atoms with E-state index in [1.54, 1.807) is 20.8 Å². The molecule has 6 nitrogen and oxygen atoms in total. The van der Waals surface area contributed by atoms with Crippen molar-refractivity contribution in [2.45, 2.75) is 39.3 Å². The van der Waals surface area contributed by atoms with Crippen LogP contribution in [0.15, 0.2) is 35.4 Å². The molecule has 1 aromatic rings. The number of hydrogen-bond acceptors (Lipinski definition) is 5. The number of methoxy groups -OCH3 is 1. The number of nitrogens with zero attached hydrogens (tertiary/aromatic N) is 2. The number of carbonyl (C=O) groups is 2. The third kappa shape index (κ3) is 3.27. The summed E-state index contributed by atoms with van der Waals surface area (Å²) in [6, 6.07) is 9.20. The third-order valence-corrected chi connectivity index (χ3v) is 4.04. The lowest BCUT2D eigenvalue weighted by molar-refractivity contribution is -0.181. The molecule has 0 aliphatic carbocycles. The highest BCUT2D eigenvalue weighted by atomic mass is 16.5. The molecule has 0 aromatic heterocycles. The predicted octanol–water partition coefficient (Wildman–Crippen LogP) is 1.73. The molecule has 0 radical (unpaired) electrons. The Bertz CT molecular complexity index is 634. The van der Waals surface area contributed by atoms with Crippen LogP contribution in [0.3, 0.4) is 0 Å². The van der Waals surface area contributed by atoms with E-state index in [2.05, 4.69) is 9.84 Å². The highest BCUT2D eigenvalue weighted by molar-refractivity contribution is 6.37. The molecular weight excluding hydrogens is 296 g/mol. The summed E-state index contributed by atoms with van der Waals surface area (Å²) in [5.41, 5.74) is -1.39. The summed E-state index contributed by atoms with van der Waals surface area (Å²) < 4.78 is 4.67. The van der Waals surface area contributed by atoms with E-state index in [1.807, 2.05) is 30.3 Å². The Kier molecular flexibility index (Phi) is 4.56. The van der Waals surface area contributed by atoms with Crippen molar-refractivity contribution in [2.75, 3.05) is 7.11 Å². The van der Waals surface area contributed by atoms with Crippen LogP contribution in [0.1, 0.15) is 32.8 Å². The van der Waals surface area contributed by atoms with Gasteiger partial charge in [0, 0.05) is 11.8 Å². The molecule has 0 spiro atoms. The van der Waals surface area contributed by atoms with Gasteiger partial charge in [0.2, 0.25) is 5.91 Å². The number of hydrogen-bond donors (Lipinski definition) is 1. The first kappa shape index (κ1) is 17.1.